The Morgan fingerprint density at radius 3 is 2.88 bits per heavy atom. The molecule has 1 aromatic rings. The summed E-state index contributed by atoms with van der Waals surface area (Å²) in [5.41, 5.74) is 2.21. The average molecular weight is 237 g/mol. The van der Waals surface area contributed by atoms with Crippen LogP contribution in [0.15, 0.2) is 6.07 Å². The summed E-state index contributed by atoms with van der Waals surface area (Å²) in [6.45, 7) is 2.68. The molecule has 2 atom stereocenters. The fraction of sp³-hybridized carbons (Fsp3) is 0.769. The van der Waals surface area contributed by atoms with E-state index < -0.39 is 0 Å². The highest BCUT2D eigenvalue weighted by Crippen LogP contribution is 2.22. The van der Waals surface area contributed by atoms with Gasteiger partial charge >= 0.3 is 0 Å². The molecule has 0 aliphatic heterocycles. The minimum absolute atomic E-state index is 0.351. The number of ether oxygens (including phenoxy) is 1. The van der Waals surface area contributed by atoms with Gasteiger partial charge in [-0.15, -0.1) is 0 Å². The Labute approximate surface area is 103 Å². The van der Waals surface area contributed by atoms with E-state index in [1.807, 2.05) is 25.7 Å². The number of likely N-dealkylation sites (N-methyl/N-ethyl adjacent to an activating group) is 1. The van der Waals surface area contributed by atoms with Crippen LogP contribution in [-0.2, 0) is 18.4 Å². The Morgan fingerprint density at radius 2 is 2.24 bits per heavy atom. The first-order valence-electron chi connectivity index (χ1n) is 6.49. The van der Waals surface area contributed by atoms with Gasteiger partial charge in [-0.05, 0) is 32.9 Å². The van der Waals surface area contributed by atoms with Crippen molar-refractivity contribution in [1.29, 1.82) is 0 Å². The molecule has 2 rings (SSSR count). The van der Waals surface area contributed by atoms with Gasteiger partial charge in [0.25, 0.3) is 0 Å². The summed E-state index contributed by atoms with van der Waals surface area (Å²) in [5.74, 6) is 0. The highest BCUT2D eigenvalue weighted by molar-refractivity contribution is 5.07. The Balaban J connectivity index is 1.90. The van der Waals surface area contributed by atoms with Gasteiger partial charge in [-0.25, -0.2) is 0 Å². The standard InChI is InChI=1S/C13H23N3O/c1-10-8-11(16(3)15-10)9-17-13-7-5-4-6-12(13)14-2/h8,12-14H,4-7,9H2,1-3H3. The second-order valence-corrected chi connectivity index (χ2v) is 4.93. The summed E-state index contributed by atoms with van der Waals surface area (Å²) in [5, 5.41) is 7.70. The summed E-state index contributed by atoms with van der Waals surface area (Å²) < 4.78 is 7.95. The molecule has 1 fully saturated rings. The first-order valence-corrected chi connectivity index (χ1v) is 6.49. The highest BCUT2D eigenvalue weighted by atomic mass is 16.5. The van der Waals surface area contributed by atoms with Gasteiger partial charge in [0.05, 0.1) is 24.1 Å². The van der Waals surface area contributed by atoms with Crippen molar-refractivity contribution in [1.82, 2.24) is 15.1 Å². The SMILES string of the molecule is CNC1CCCCC1OCc1cc(C)nn1C. The maximum absolute atomic E-state index is 6.04. The van der Waals surface area contributed by atoms with Gasteiger partial charge in [-0.2, -0.15) is 5.10 Å². The van der Waals surface area contributed by atoms with E-state index in [1.54, 1.807) is 0 Å². The molecule has 1 saturated carbocycles. The number of nitrogens with one attached hydrogen (secondary N) is 1. The lowest BCUT2D eigenvalue weighted by molar-refractivity contribution is -0.00617. The molecule has 4 heteroatoms. The molecule has 0 bridgehead atoms. The molecule has 2 unspecified atom stereocenters. The Hall–Kier alpha value is -0.870. The number of hydrogen-bond donors (Lipinski definition) is 1. The maximum atomic E-state index is 6.04. The van der Waals surface area contributed by atoms with Gasteiger partial charge in [-0.3, -0.25) is 4.68 Å². The van der Waals surface area contributed by atoms with Crippen LogP contribution in [0.3, 0.4) is 0 Å². The second kappa shape index (κ2) is 5.65. The van der Waals surface area contributed by atoms with E-state index in [1.165, 1.54) is 25.7 Å². The van der Waals surface area contributed by atoms with Crippen molar-refractivity contribution in [3.63, 3.8) is 0 Å². The van der Waals surface area contributed by atoms with Crippen LogP contribution >= 0.6 is 0 Å². The maximum Gasteiger partial charge on any atom is 0.0889 e. The van der Waals surface area contributed by atoms with E-state index in [2.05, 4.69) is 16.5 Å². The zero-order chi connectivity index (χ0) is 12.3. The molecule has 0 amide bonds. The van der Waals surface area contributed by atoms with Gasteiger partial charge in [0, 0.05) is 13.1 Å². The molecule has 96 valence electrons. The van der Waals surface area contributed by atoms with Crippen molar-refractivity contribution in [3.8, 4) is 0 Å². The molecule has 0 aromatic carbocycles. The van der Waals surface area contributed by atoms with E-state index in [4.69, 9.17) is 4.74 Å². The van der Waals surface area contributed by atoms with Crippen molar-refractivity contribution in [3.05, 3.63) is 17.5 Å². The molecule has 1 N–H and O–H groups in total. The van der Waals surface area contributed by atoms with Gasteiger partial charge in [0.15, 0.2) is 0 Å². The predicted octanol–water partition coefficient (Wildman–Crippen LogP) is 1.78. The molecule has 4 nitrogen and oxygen atoms in total. The summed E-state index contributed by atoms with van der Waals surface area (Å²) in [4.78, 5) is 0. The predicted molar refractivity (Wildman–Crippen MR) is 67.8 cm³/mol. The minimum atomic E-state index is 0.351. The molecule has 0 saturated heterocycles. The minimum Gasteiger partial charge on any atom is -0.370 e. The fourth-order valence-electron chi connectivity index (χ4n) is 2.62. The van der Waals surface area contributed by atoms with Gasteiger partial charge in [0.1, 0.15) is 0 Å². The summed E-state index contributed by atoms with van der Waals surface area (Å²) >= 11 is 0. The molecular formula is C13H23N3O. The van der Waals surface area contributed by atoms with Crippen LogP contribution in [0.2, 0.25) is 0 Å². The zero-order valence-electron chi connectivity index (χ0n) is 11.1. The van der Waals surface area contributed by atoms with Gasteiger partial charge in [-0.1, -0.05) is 12.8 Å². The van der Waals surface area contributed by atoms with Crippen LogP contribution in [0.1, 0.15) is 37.1 Å². The fourth-order valence-corrected chi connectivity index (χ4v) is 2.62. The first-order chi connectivity index (χ1) is 8.20. The normalized spacial score (nSPS) is 25.1. The summed E-state index contributed by atoms with van der Waals surface area (Å²) in [6.07, 6.45) is 5.35. The average Bonchev–Trinajstić information content (AvgIpc) is 2.65. The lowest BCUT2D eigenvalue weighted by Gasteiger charge is -2.31. The Morgan fingerprint density at radius 1 is 1.47 bits per heavy atom. The topological polar surface area (TPSA) is 39.1 Å². The first kappa shape index (κ1) is 12.6. The third-order valence-corrected chi connectivity index (χ3v) is 3.62. The van der Waals surface area contributed by atoms with Crippen LogP contribution in [-0.4, -0.2) is 29.0 Å². The van der Waals surface area contributed by atoms with Gasteiger partial charge in [0.2, 0.25) is 0 Å². The smallest absolute Gasteiger partial charge is 0.0889 e. The summed E-state index contributed by atoms with van der Waals surface area (Å²) in [7, 11) is 4.00. The number of aryl methyl sites for hydroxylation is 2. The molecule has 17 heavy (non-hydrogen) atoms. The van der Waals surface area contributed by atoms with Gasteiger partial charge < -0.3 is 10.1 Å². The van der Waals surface area contributed by atoms with Crippen molar-refractivity contribution in [2.24, 2.45) is 7.05 Å². The second-order valence-electron chi connectivity index (χ2n) is 4.93. The highest BCUT2D eigenvalue weighted by Gasteiger charge is 2.24. The molecule has 0 spiro atoms. The lowest BCUT2D eigenvalue weighted by atomic mass is 9.92. The monoisotopic (exact) mass is 237 g/mol. The molecule has 0 radical (unpaired) electrons. The van der Waals surface area contributed by atoms with Crippen molar-refractivity contribution >= 4 is 0 Å². The van der Waals surface area contributed by atoms with Crippen LogP contribution in [0.5, 0.6) is 0 Å². The number of aromatic nitrogens is 2. The van der Waals surface area contributed by atoms with Crippen molar-refractivity contribution in [2.75, 3.05) is 7.05 Å². The molecular weight excluding hydrogens is 214 g/mol. The molecule has 1 aliphatic carbocycles. The third kappa shape index (κ3) is 3.07. The van der Waals surface area contributed by atoms with E-state index in [-0.39, 0.29) is 0 Å². The number of nitrogens with zero attached hydrogens (tertiary/aromatic N) is 2. The van der Waals surface area contributed by atoms with E-state index in [0.717, 1.165) is 11.4 Å². The van der Waals surface area contributed by atoms with Crippen LogP contribution in [0.25, 0.3) is 0 Å². The summed E-state index contributed by atoms with van der Waals surface area (Å²) in [6, 6.07) is 2.61. The Bertz CT molecular complexity index is 362. The largest absolute Gasteiger partial charge is 0.370 e. The van der Waals surface area contributed by atoms with Crippen LogP contribution in [0.4, 0.5) is 0 Å². The number of rotatable bonds is 4. The Kier molecular flexibility index (Phi) is 4.18. The quantitative estimate of drug-likeness (QED) is 0.867. The van der Waals surface area contributed by atoms with Crippen molar-refractivity contribution < 1.29 is 4.74 Å². The number of hydrogen-bond acceptors (Lipinski definition) is 3. The van der Waals surface area contributed by atoms with Crippen LogP contribution in [0, 0.1) is 6.92 Å². The molecule has 1 heterocycles. The molecule has 1 aliphatic rings. The third-order valence-electron chi connectivity index (χ3n) is 3.62. The van der Waals surface area contributed by atoms with E-state index in [9.17, 15) is 0 Å². The van der Waals surface area contributed by atoms with Crippen LogP contribution < -0.4 is 5.32 Å². The van der Waals surface area contributed by atoms with E-state index >= 15 is 0 Å². The zero-order valence-corrected chi connectivity index (χ0v) is 11.1. The molecule has 1 aromatic heterocycles. The van der Waals surface area contributed by atoms with E-state index in [0.29, 0.717) is 18.8 Å². The van der Waals surface area contributed by atoms with Crippen molar-refractivity contribution in [2.45, 2.75) is 51.4 Å². The lowest BCUT2D eigenvalue weighted by Crippen LogP contribution is -2.41.